The Balaban J connectivity index is 1.72. The number of likely N-dealkylation sites (tertiary alicyclic amines) is 1. The third-order valence-electron chi connectivity index (χ3n) is 6.85. The Morgan fingerprint density at radius 1 is 1.18 bits per heavy atom. The van der Waals surface area contributed by atoms with Crippen LogP contribution in [-0.4, -0.2) is 43.3 Å². The molecule has 0 spiro atoms. The minimum atomic E-state index is -4.52. The van der Waals surface area contributed by atoms with Gasteiger partial charge >= 0.3 is 6.18 Å². The van der Waals surface area contributed by atoms with E-state index in [4.69, 9.17) is 4.74 Å². The van der Waals surface area contributed by atoms with Gasteiger partial charge in [-0.3, -0.25) is 9.69 Å². The minimum absolute atomic E-state index is 0.0680. The molecule has 0 bridgehead atoms. The molecular formula is C25H29F3N2O2S. The summed E-state index contributed by atoms with van der Waals surface area (Å²) in [5.74, 6) is -0.481. The van der Waals surface area contributed by atoms with Gasteiger partial charge < -0.3 is 10.1 Å². The van der Waals surface area contributed by atoms with Crippen LogP contribution >= 0.6 is 11.8 Å². The summed E-state index contributed by atoms with van der Waals surface area (Å²) in [6, 6.07) is 12.4. The molecule has 8 heteroatoms. The van der Waals surface area contributed by atoms with Gasteiger partial charge in [-0.25, -0.2) is 0 Å². The molecule has 4 nitrogen and oxygen atoms in total. The van der Waals surface area contributed by atoms with Crippen molar-refractivity contribution in [3.63, 3.8) is 0 Å². The van der Waals surface area contributed by atoms with Crippen LogP contribution in [0.2, 0.25) is 0 Å². The first kappa shape index (κ1) is 24.0. The maximum Gasteiger partial charge on any atom is 0.416 e. The topological polar surface area (TPSA) is 41.6 Å². The molecule has 1 aliphatic heterocycles. The summed E-state index contributed by atoms with van der Waals surface area (Å²) in [6.45, 7) is 1.68. The van der Waals surface area contributed by atoms with Gasteiger partial charge in [0.1, 0.15) is 5.75 Å². The number of ether oxygens (including phenoxy) is 1. The SMILES string of the molecule is COc1cc(C(F)(F)F)cc(SC)c1C(=O)NC1(c2ccccc2)CCCN(C2CCC2)C1. The van der Waals surface area contributed by atoms with E-state index >= 15 is 0 Å². The molecule has 1 unspecified atom stereocenters. The second-order valence-corrected chi connectivity index (χ2v) is 9.66. The summed E-state index contributed by atoms with van der Waals surface area (Å²) in [7, 11) is 1.29. The number of carbonyl (C=O) groups is 1. The van der Waals surface area contributed by atoms with Crippen molar-refractivity contribution in [1.29, 1.82) is 0 Å². The van der Waals surface area contributed by atoms with Gasteiger partial charge in [0, 0.05) is 17.5 Å². The zero-order chi connectivity index (χ0) is 23.6. The quantitative estimate of drug-likeness (QED) is 0.540. The molecule has 33 heavy (non-hydrogen) atoms. The van der Waals surface area contributed by atoms with Crippen LogP contribution in [0.3, 0.4) is 0 Å². The first-order valence-electron chi connectivity index (χ1n) is 11.2. The van der Waals surface area contributed by atoms with Gasteiger partial charge in [-0.15, -0.1) is 11.8 Å². The van der Waals surface area contributed by atoms with E-state index in [-0.39, 0.29) is 16.2 Å². The number of amides is 1. The van der Waals surface area contributed by atoms with E-state index in [9.17, 15) is 18.0 Å². The van der Waals surface area contributed by atoms with Gasteiger partial charge in [0.25, 0.3) is 5.91 Å². The van der Waals surface area contributed by atoms with Crippen molar-refractivity contribution < 1.29 is 22.7 Å². The van der Waals surface area contributed by atoms with Crippen molar-refractivity contribution in [2.75, 3.05) is 26.5 Å². The number of piperidine rings is 1. The molecule has 0 aromatic heterocycles. The van der Waals surface area contributed by atoms with Crippen LogP contribution in [0.1, 0.15) is 53.6 Å². The molecule has 4 rings (SSSR count). The second-order valence-electron chi connectivity index (χ2n) is 8.81. The van der Waals surface area contributed by atoms with Crippen molar-refractivity contribution in [2.45, 2.75) is 54.8 Å². The van der Waals surface area contributed by atoms with Crippen LogP contribution in [0, 0.1) is 0 Å². The number of nitrogens with one attached hydrogen (secondary N) is 1. The molecule has 1 amide bonds. The van der Waals surface area contributed by atoms with Crippen LogP contribution in [-0.2, 0) is 11.7 Å². The highest BCUT2D eigenvalue weighted by molar-refractivity contribution is 7.98. The number of benzene rings is 2. The molecule has 2 aromatic carbocycles. The summed E-state index contributed by atoms with van der Waals surface area (Å²) in [4.78, 5) is 16.4. The fourth-order valence-electron chi connectivity index (χ4n) is 4.90. The predicted octanol–water partition coefficient (Wildman–Crippen LogP) is 5.71. The summed E-state index contributed by atoms with van der Waals surface area (Å²) < 4.78 is 45.5. The fraction of sp³-hybridized carbons (Fsp3) is 0.480. The Kier molecular flexibility index (Phi) is 6.96. The Labute approximate surface area is 196 Å². The van der Waals surface area contributed by atoms with E-state index in [2.05, 4.69) is 10.2 Å². The molecule has 2 aliphatic rings. The van der Waals surface area contributed by atoms with Crippen LogP contribution in [0.15, 0.2) is 47.4 Å². The lowest BCUT2D eigenvalue weighted by Gasteiger charge is -2.48. The van der Waals surface area contributed by atoms with Crippen molar-refractivity contribution in [1.82, 2.24) is 10.2 Å². The molecule has 178 valence electrons. The molecule has 2 fully saturated rings. The van der Waals surface area contributed by atoms with Crippen LogP contribution in [0.25, 0.3) is 0 Å². The average Bonchev–Trinajstić information content (AvgIpc) is 2.77. The number of halogens is 3. The largest absolute Gasteiger partial charge is 0.496 e. The highest BCUT2D eigenvalue weighted by Gasteiger charge is 2.42. The molecule has 1 heterocycles. The smallest absolute Gasteiger partial charge is 0.416 e. The molecular weight excluding hydrogens is 449 g/mol. The third-order valence-corrected chi connectivity index (χ3v) is 7.61. The van der Waals surface area contributed by atoms with Gasteiger partial charge in [0.2, 0.25) is 0 Å². The highest BCUT2D eigenvalue weighted by Crippen LogP contribution is 2.40. The van der Waals surface area contributed by atoms with Gasteiger partial charge in [-0.05, 0) is 56.2 Å². The van der Waals surface area contributed by atoms with Crippen molar-refractivity contribution in [2.24, 2.45) is 0 Å². The maximum atomic E-state index is 13.7. The number of nitrogens with zero attached hydrogens (tertiary/aromatic N) is 1. The first-order chi connectivity index (χ1) is 15.8. The summed E-state index contributed by atoms with van der Waals surface area (Å²) in [6.07, 6.45) is 2.41. The summed E-state index contributed by atoms with van der Waals surface area (Å²) >= 11 is 1.11. The standard InChI is InChI=1S/C25H29F3N2O2S/c1-32-20-14-18(25(26,27)28)15-21(33-2)22(20)23(31)29-24(17-8-4-3-5-9-17)12-7-13-30(16-24)19-10-6-11-19/h3-5,8-9,14-15,19H,6-7,10-13,16H2,1-2H3,(H,29,31). The molecule has 1 saturated heterocycles. The zero-order valence-corrected chi connectivity index (χ0v) is 19.7. The van der Waals surface area contributed by atoms with E-state index in [0.717, 1.165) is 48.8 Å². The molecule has 1 saturated carbocycles. The Hall–Kier alpha value is -2.19. The molecule has 1 N–H and O–H groups in total. The lowest BCUT2D eigenvalue weighted by Crippen LogP contribution is -2.59. The second kappa shape index (κ2) is 9.58. The van der Waals surface area contributed by atoms with Crippen molar-refractivity contribution >= 4 is 17.7 Å². The highest BCUT2D eigenvalue weighted by atomic mass is 32.2. The normalized spacial score (nSPS) is 22.0. The minimum Gasteiger partial charge on any atom is -0.496 e. The average molecular weight is 479 g/mol. The zero-order valence-electron chi connectivity index (χ0n) is 18.9. The number of methoxy groups -OCH3 is 1. The molecule has 1 atom stereocenters. The maximum absolute atomic E-state index is 13.7. The van der Waals surface area contributed by atoms with Gasteiger partial charge in [0.15, 0.2) is 0 Å². The van der Waals surface area contributed by atoms with E-state index in [0.29, 0.717) is 12.6 Å². The lowest BCUT2D eigenvalue weighted by molar-refractivity contribution is -0.137. The van der Waals surface area contributed by atoms with E-state index in [1.807, 2.05) is 30.3 Å². The van der Waals surface area contributed by atoms with Crippen LogP contribution < -0.4 is 10.1 Å². The van der Waals surface area contributed by atoms with Crippen molar-refractivity contribution in [3.05, 3.63) is 59.2 Å². The molecule has 0 radical (unpaired) electrons. The van der Waals surface area contributed by atoms with Gasteiger partial charge in [-0.2, -0.15) is 13.2 Å². The van der Waals surface area contributed by atoms with Crippen LogP contribution in [0.4, 0.5) is 13.2 Å². The first-order valence-corrected chi connectivity index (χ1v) is 12.5. The van der Waals surface area contributed by atoms with Gasteiger partial charge in [-0.1, -0.05) is 36.8 Å². The van der Waals surface area contributed by atoms with Crippen LogP contribution in [0.5, 0.6) is 5.75 Å². The number of thioether (sulfide) groups is 1. The Morgan fingerprint density at radius 3 is 2.48 bits per heavy atom. The van der Waals surface area contributed by atoms with Gasteiger partial charge in [0.05, 0.1) is 23.8 Å². The third kappa shape index (κ3) is 4.87. The fourth-order valence-corrected chi connectivity index (χ4v) is 5.54. The Bertz CT molecular complexity index is 970. The van der Waals surface area contributed by atoms with E-state index in [1.54, 1.807) is 6.26 Å². The summed E-state index contributed by atoms with van der Waals surface area (Å²) in [5.41, 5.74) is -0.282. The lowest BCUT2D eigenvalue weighted by atomic mass is 9.79. The van der Waals surface area contributed by atoms with E-state index < -0.39 is 23.2 Å². The number of hydrogen-bond donors (Lipinski definition) is 1. The molecule has 2 aromatic rings. The monoisotopic (exact) mass is 478 g/mol. The number of rotatable bonds is 6. The van der Waals surface area contributed by atoms with E-state index in [1.165, 1.54) is 26.4 Å². The number of carbonyl (C=O) groups excluding carboxylic acids is 1. The van der Waals surface area contributed by atoms with Crippen molar-refractivity contribution in [3.8, 4) is 5.75 Å². The Morgan fingerprint density at radius 2 is 1.91 bits per heavy atom. The predicted molar refractivity (Wildman–Crippen MR) is 124 cm³/mol. The summed E-state index contributed by atoms with van der Waals surface area (Å²) in [5, 5.41) is 3.25. The molecule has 1 aliphatic carbocycles. The number of alkyl halides is 3. The number of hydrogen-bond acceptors (Lipinski definition) is 4.